The maximum Gasteiger partial charge on any atom is 0.0662 e. The van der Waals surface area contributed by atoms with Crippen molar-refractivity contribution < 1.29 is 5.11 Å². The summed E-state index contributed by atoms with van der Waals surface area (Å²) in [4.78, 5) is 2.18. The SMILES string of the molecule is CCC(O)CNC(CN(C)C)C(C)C. The van der Waals surface area contributed by atoms with E-state index in [4.69, 9.17) is 0 Å². The van der Waals surface area contributed by atoms with Gasteiger partial charge in [0.05, 0.1) is 6.10 Å². The van der Waals surface area contributed by atoms with Gasteiger partial charge in [0.25, 0.3) is 0 Å². The zero-order chi connectivity index (χ0) is 11.1. The third-order valence-electron chi connectivity index (χ3n) is 2.45. The van der Waals surface area contributed by atoms with E-state index < -0.39 is 0 Å². The molecule has 0 aromatic carbocycles. The third kappa shape index (κ3) is 6.35. The third-order valence-corrected chi connectivity index (χ3v) is 2.45. The lowest BCUT2D eigenvalue weighted by atomic mass is 10.0. The van der Waals surface area contributed by atoms with Crippen molar-refractivity contribution >= 4 is 0 Å². The Bertz CT molecular complexity index is 137. The maximum atomic E-state index is 9.45. The molecule has 0 amide bonds. The predicted molar refractivity (Wildman–Crippen MR) is 61.5 cm³/mol. The van der Waals surface area contributed by atoms with Crippen LogP contribution >= 0.6 is 0 Å². The number of aliphatic hydroxyl groups is 1. The van der Waals surface area contributed by atoms with E-state index in [-0.39, 0.29) is 6.10 Å². The zero-order valence-electron chi connectivity index (χ0n) is 10.2. The smallest absolute Gasteiger partial charge is 0.0662 e. The molecule has 2 unspecified atom stereocenters. The first kappa shape index (κ1) is 13.9. The van der Waals surface area contributed by atoms with Crippen LogP contribution in [0.5, 0.6) is 0 Å². The number of nitrogens with one attached hydrogen (secondary N) is 1. The van der Waals surface area contributed by atoms with Gasteiger partial charge in [0.2, 0.25) is 0 Å². The minimum absolute atomic E-state index is 0.210. The summed E-state index contributed by atoms with van der Waals surface area (Å²) >= 11 is 0. The Kier molecular flexibility index (Phi) is 7.15. The van der Waals surface area contributed by atoms with Crippen LogP contribution in [0, 0.1) is 5.92 Å². The Balaban J connectivity index is 3.85. The molecule has 0 aliphatic carbocycles. The summed E-state index contributed by atoms with van der Waals surface area (Å²) in [5.74, 6) is 0.599. The van der Waals surface area contributed by atoms with Crippen LogP contribution in [-0.4, -0.2) is 49.3 Å². The second kappa shape index (κ2) is 7.21. The van der Waals surface area contributed by atoms with E-state index in [0.717, 1.165) is 13.0 Å². The van der Waals surface area contributed by atoms with E-state index in [2.05, 4.69) is 38.2 Å². The first-order valence-electron chi connectivity index (χ1n) is 5.53. The van der Waals surface area contributed by atoms with Gasteiger partial charge in [-0.25, -0.2) is 0 Å². The highest BCUT2D eigenvalue weighted by Crippen LogP contribution is 2.03. The van der Waals surface area contributed by atoms with Crippen molar-refractivity contribution in [3.8, 4) is 0 Å². The molecule has 3 nitrogen and oxygen atoms in total. The van der Waals surface area contributed by atoms with Crippen molar-refractivity contribution in [2.75, 3.05) is 27.2 Å². The van der Waals surface area contributed by atoms with Crippen molar-refractivity contribution in [3.63, 3.8) is 0 Å². The summed E-state index contributed by atoms with van der Waals surface area (Å²) in [5, 5.41) is 12.9. The highest BCUT2D eigenvalue weighted by Gasteiger charge is 2.14. The lowest BCUT2D eigenvalue weighted by Crippen LogP contribution is -2.44. The minimum Gasteiger partial charge on any atom is -0.392 e. The average molecular weight is 202 g/mol. The molecule has 0 radical (unpaired) electrons. The van der Waals surface area contributed by atoms with Gasteiger partial charge < -0.3 is 15.3 Å². The molecule has 0 saturated carbocycles. The normalized spacial score (nSPS) is 16.3. The van der Waals surface area contributed by atoms with Crippen LogP contribution in [0.25, 0.3) is 0 Å². The molecule has 0 aliphatic heterocycles. The van der Waals surface area contributed by atoms with Gasteiger partial charge in [0, 0.05) is 19.1 Å². The fourth-order valence-electron chi connectivity index (χ4n) is 1.34. The fourth-order valence-corrected chi connectivity index (χ4v) is 1.34. The lowest BCUT2D eigenvalue weighted by molar-refractivity contribution is 0.154. The standard InChI is InChI=1S/C11H26N2O/c1-6-10(14)7-12-11(9(2)3)8-13(4)5/h9-12,14H,6-8H2,1-5H3. The second-order valence-electron chi connectivity index (χ2n) is 4.58. The van der Waals surface area contributed by atoms with E-state index in [9.17, 15) is 5.11 Å². The van der Waals surface area contributed by atoms with Gasteiger partial charge in [-0.05, 0) is 26.4 Å². The van der Waals surface area contributed by atoms with Crippen molar-refractivity contribution in [2.24, 2.45) is 5.92 Å². The summed E-state index contributed by atoms with van der Waals surface area (Å²) < 4.78 is 0. The van der Waals surface area contributed by atoms with Crippen molar-refractivity contribution in [1.82, 2.24) is 10.2 Å². The molecule has 3 heteroatoms. The lowest BCUT2D eigenvalue weighted by Gasteiger charge is -2.26. The second-order valence-corrected chi connectivity index (χ2v) is 4.58. The molecular weight excluding hydrogens is 176 g/mol. The number of rotatable bonds is 7. The molecule has 0 rings (SSSR count). The van der Waals surface area contributed by atoms with Crippen molar-refractivity contribution in [2.45, 2.75) is 39.3 Å². The molecule has 0 heterocycles. The monoisotopic (exact) mass is 202 g/mol. The molecule has 0 aromatic rings. The average Bonchev–Trinajstić information content (AvgIpc) is 2.10. The topological polar surface area (TPSA) is 35.5 Å². The van der Waals surface area contributed by atoms with E-state index in [0.29, 0.717) is 18.5 Å². The molecule has 0 bridgehead atoms. The first-order valence-corrected chi connectivity index (χ1v) is 5.53. The first-order chi connectivity index (χ1) is 6.47. The number of likely N-dealkylation sites (N-methyl/N-ethyl adjacent to an activating group) is 1. The van der Waals surface area contributed by atoms with Crippen molar-refractivity contribution in [1.29, 1.82) is 0 Å². The Morgan fingerprint density at radius 2 is 1.86 bits per heavy atom. The number of nitrogens with zero attached hydrogens (tertiary/aromatic N) is 1. The van der Waals surface area contributed by atoms with Gasteiger partial charge in [-0.15, -0.1) is 0 Å². The van der Waals surface area contributed by atoms with Crippen LogP contribution in [0.4, 0.5) is 0 Å². The number of aliphatic hydroxyl groups excluding tert-OH is 1. The van der Waals surface area contributed by atoms with Crippen LogP contribution < -0.4 is 5.32 Å². The van der Waals surface area contributed by atoms with E-state index in [1.54, 1.807) is 0 Å². The van der Waals surface area contributed by atoms with E-state index in [1.165, 1.54) is 0 Å². The van der Waals surface area contributed by atoms with Crippen LogP contribution in [-0.2, 0) is 0 Å². The van der Waals surface area contributed by atoms with Crippen molar-refractivity contribution in [3.05, 3.63) is 0 Å². The Labute approximate surface area is 88.5 Å². The molecule has 86 valence electrons. The van der Waals surface area contributed by atoms with Crippen LogP contribution in [0.1, 0.15) is 27.2 Å². The van der Waals surface area contributed by atoms with Crippen LogP contribution in [0.3, 0.4) is 0 Å². The molecule has 2 N–H and O–H groups in total. The summed E-state index contributed by atoms with van der Waals surface area (Å²) in [5.41, 5.74) is 0. The summed E-state index contributed by atoms with van der Waals surface area (Å²) in [6, 6.07) is 0.464. The minimum atomic E-state index is -0.210. The largest absolute Gasteiger partial charge is 0.392 e. The molecule has 0 spiro atoms. The quantitative estimate of drug-likeness (QED) is 0.645. The summed E-state index contributed by atoms with van der Waals surface area (Å²) in [7, 11) is 4.15. The van der Waals surface area contributed by atoms with Gasteiger partial charge in [0.1, 0.15) is 0 Å². The fraction of sp³-hybridized carbons (Fsp3) is 1.00. The summed E-state index contributed by atoms with van der Waals surface area (Å²) in [6.45, 7) is 8.14. The predicted octanol–water partition coefficient (Wildman–Crippen LogP) is 0.933. The van der Waals surface area contributed by atoms with Crippen LogP contribution in [0.15, 0.2) is 0 Å². The zero-order valence-corrected chi connectivity index (χ0v) is 10.2. The Morgan fingerprint density at radius 3 is 2.21 bits per heavy atom. The maximum absolute atomic E-state index is 9.45. The molecule has 0 aromatic heterocycles. The Hall–Kier alpha value is -0.120. The van der Waals surface area contributed by atoms with Gasteiger partial charge >= 0.3 is 0 Å². The molecule has 0 saturated heterocycles. The van der Waals surface area contributed by atoms with Crippen LogP contribution in [0.2, 0.25) is 0 Å². The molecular formula is C11H26N2O. The summed E-state index contributed by atoms with van der Waals surface area (Å²) in [6.07, 6.45) is 0.609. The van der Waals surface area contributed by atoms with Gasteiger partial charge in [0.15, 0.2) is 0 Å². The number of hydrogen-bond donors (Lipinski definition) is 2. The number of hydrogen-bond acceptors (Lipinski definition) is 3. The highest BCUT2D eigenvalue weighted by molar-refractivity contribution is 4.74. The molecule has 0 fully saturated rings. The molecule has 2 atom stereocenters. The molecule has 14 heavy (non-hydrogen) atoms. The highest BCUT2D eigenvalue weighted by atomic mass is 16.3. The Morgan fingerprint density at radius 1 is 1.29 bits per heavy atom. The van der Waals surface area contributed by atoms with E-state index in [1.807, 2.05) is 6.92 Å². The van der Waals surface area contributed by atoms with Gasteiger partial charge in [-0.3, -0.25) is 0 Å². The molecule has 0 aliphatic rings. The van der Waals surface area contributed by atoms with Gasteiger partial charge in [-0.2, -0.15) is 0 Å². The van der Waals surface area contributed by atoms with E-state index >= 15 is 0 Å². The van der Waals surface area contributed by atoms with Gasteiger partial charge in [-0.1, -0.05) is 20.8 Å².